The van der Waals surface area contributed by atoms with Crippen LogP contribution in [0.2, 0.25) is 0 Å². The smallest absolute Gasteiger partial charge is 0.150 e. The van der Waals surface area contributed by atoms with E-state index >= 15 is 0 Å². The Morgan fingerprint density at radius 1 is 0.722 bits per heavy atom. The van der Waals surface area contributed by atoms with Gasteiger partial charge in [-0.15, -0.1) is 0 Å². The Hall–Kier alpha value is -2.48. The number of rotatable bonds is 4. The molecule has 0 spiro atoms. The zero-order chi connectivity index (χ0) is 12.8. The van der Waals surface area contributed by atoms with Crippen LogP contribution in [-0.4, -0.2) is 12.6 Å². The highest BCUT2D eigenvalue weighted by Gasteiger charge is 2.06. The molecule has 2 aromatic carbocycles. The predicted octanol–water partition coefficient (Wildman–Crippen LogP) is 3.38. The van der Waals surface area contributed by atoms with Crippen molar-refractivity contribution in [2.45, 2.75) is 0 Å². The average Bonchev–Trinajstić information content (AvgIpc) is 2.45. The van der Waals surface area contributed by atoms with Crippen molar-refractivity contribution in [3.05, 3.63) is 65.7 Å². The Bertz CT molecular complexity index is 598. The van der Waals surface area contributed by atoms with Crippen LogP contribution in [0.3, 0.4) is 0 Å². The van der Waals surface area contributed by atoms with Crippen LogP contribution < -0.4 is 0 Å². The van der Waals surface area contributed by atoms with E-state index in [1.165, 1.54) is 6.08 Å². The van der Waals surface area contributed by atoms with E-state index in [4.69, 9.17) is 0 Å². The van der Waals surface area contributed by atoms with Crippen molar-refractivity contribution in [3.8, 4) is 11.1 Å². The van der Waals surface area contributed by atoms with Crippen molar-refractivity contribution in [2.75, 3.05) is 0 Å². The highest BCUT2D eigenvalue weighted by molar-refractivity contribution is 5.90. The first kappa shape index (κ1) is 12.0. The van der Waals surface area contributed by atoms with E-state index in [1.807, 2.05) is 42.5 Å². The number of allylic oxidation sites excluding steroid dienone is 1. The lowest BCUT2D eigenvalue weighted by Gasteiger charge is -2.08. The number of hydrogen-bond donors (Lipinski definition) is 0. The van der Waals surface area contributed by atoms with Crippen LogP contribution in [0, 0.1) is 0 Å². The maximum atomic E-state index is 11.1. The van der Waals surface area contributed by atoms with Crippen LogP contribution >= 0.6 is 0 Å². The number of carbonyl (C=O) groups is 2. The molecule has 0 aliphatic rings. The lowest BCUT2D eigenvalue weighted by molar-refractivity contribution is -0.104. The summed E-state index contributed by atoms with van der Waals surface area (Å²) in [7, 11) is 0. The number of hydrogen-bond acceptors (Lipinski definition) is 2. The van der Waals surface area contributed by atoms with Crippen molar-refractivity contribution in [2.24, 2.45) is 0 Å². The van der Waals surface area contributed by atoms with Crippen LogP contribution in [0.25, 0.3) is 17.2 Å². The summed E-state index contributed by atoms with van der Waals surface area (Å²) < 4.78 is 0. The molecule has 0 saturated carbocycles. The van der Waals surface area contributed by atoms with Gasteiger partial charge in [0.25, 0.3) is 0 Å². The van der Waals surface area contributed by atoms with Gasteiger partial charge in [0.2, 0.25) is 0 Å². The zero-order valence-corrected chi connectivity index (χ0v) is 9.74. The Morgan fingerprint density at radius 3 is 1.89 bits per heavy atom. The molecule has 2 nitrogen and oxygen atoms in total. The summed E-state index contributed by atoms with van der Waals surface area (Å²) in [5.41, 5.74) is 3.38. The Kier molecular flexibility index (Phi) is 3.82. The van der Waals surface area contributed by atoms with Gasteiger partial charge in [0.1, 0.15) is 6.29 Å². The molecule has 0 aliphatic carbocycles. The molecule has 0 aromatic heterocycles. The van der Waals surface area contributed by atoms with Gasteiger partial charge in [0.05, 0.1) is 0 Å². The molecule has 88 valence electrons. The van der Waals surface area contributed by atoms with Crippen LogP contribution in [0.1, 0.15) is 15.9 Å². The largest absolute Gasteiger partial charge is 0.299 e. The van der Waals surface area contributed by atoms with Crippen LogP contribution in [0.5, 0.6) is 0 Å². The van der Waals surface area contributed by atoms with Gasteiger partial charge in [-0.05, 0) is 22.8 Å². The fraction of sp³-hybridized carbons (Fsp3) is 0. The second-order valence-corrected chi connectivity index (χ2v) is 3.79. The molecule has 18 heavy (non-hydrogen) atoms. The molecular formula is C16H12O2. The summed E-state index contributed by atoms with van der Waals surface area (Å²) in [6.07, 6.45) is 4.77. The van der Waals surface area contributed by atoms with Gasteiger partial charge in [-0.1, -0.05) is 54.6 Å². The highest BCUT2D eigenvalue weighted by atomic mass is 16.1. The first-order valence-electron chi connectivity index (χ1n) is 5.62. The van der Waals surface area contributed by atoms with E-state index in [9.17, 15) is 9.59 Å². The number of aldehydes is 2. The summed E-state index contributed by atoms with van der Waals surface area (Å²) >= 11 is 0. The maximum Gasteiger partial charge on any atom is 0.150 e. The molecule has 0 saturated heterocycles. The van der Waals surface area contributed by atoms with E-state index in [0.29, 0.717) is 5.56 Å². The molecule has 0 atom stereocenters. The Morgan fingerprint density at radius 2 is 1.28 bits per heavy atom. The third kappa shape index (κ3) is 2.43. The van der Waals surface area contributed by atoms with Crippen molar-refractivity contribution < 1.29 is 9.59 Å². The minimum absolute atomic E-state index is 0.643. The van der Waals surface area contributed by atoms with Gasteiger partial charge in [-0.3, -0.25) is 9.59 Å². The fourth-order valence-corrected chi connectivity index (χ4v) is 1.88. The summed E-state index contributed by atoms with van der Waals surface area (Å²) in [5, 5.41) is 0. The Labute approximate surface area is 106 Å². The van der Waals surface area contributed by atoms with Crippen LogP contribution in [-0.2, 0) is 4.79 Å². The van der Waals surface area contributed by atoms with Gasteiger partial charge >= 0.3 is 0 Å². The lowest BCUT2D eigenvalue weighted by Crippen LogP contribution is -1.89. The van der Waals surface area contributed by atoms with E-state index in [1.54, 1.807) is 12.1 Å². The SMILES string of the molecule is O=C/C=C/c1ccccc1-c1ccccc1C=O. The summed E-state index contributed by atoms with van der Waals surface area (Å²) in [5.74, 6) is 0. The second kappa shape index (κ2) is 5.73. The topological polar surface area (TPSA) is 34.1 Å². The highest BCUT2D eigenvalue weighted by Crippen LogP contribution is 2.27. The molecule has 2 heteroatoms. The molecule has 0 fully saturated rings. The summed E-state index contributed by atoms with van der Waals surface area (Å²) in [6, 6.07) is 15.1. The van der Waals surface area contributed by atoms with E-state index in [-0.39, 0.29) is 0 Å². The first-order chi connectivity index (χ1) is 8.86. The van der Waals surface area contributed by atoms with Crippen molar-refractivity contribution >= 4 is 18.6 Å². The van der Waals surface area contributed by atoms with Gasteiger partial charge in [-0.25, -0.2) is 0 Å². The maximum absolute atomic E-state index is 11.1. The number of benzene rings is 2. The predicted molar refractivity (Wildman–Crippen MR) is 72.4 cm³/mol. The minimum atomic E-state index is 0.643. The van der Waals surface area contributed by atoms with Crippen molar-refractivity contribution in [1.29, 1.82) is 0 Å². The first-order valence-corrected chi connectivity index (χ1v) is 5.62. The third-order valence-corrected chi connectivity index (χ3v) is 2.69. The standard InChI is InChI=1S/C16H12O2/c17-11-5-8-13-6-1-3-9-15(13)16-10-4-2-7-14(16)12-18/h1-12H/b8-5+. The van der Waals surface area contributed by atoms with Crippen LogP contribution in [0.15, 0.2) is 54.6 Å². The van der Waals surface area contributed by atoms with Gasteiger partial charge < -0.3 is 0 Å². The van der Waals surface area contributed by atoms with E-state index in [2.05, 4.69) is 0 Å². The number of carbonyl (C=O) groups excluding carboxylic acids is 2. The molecule has 0 N–H and O–H groups in total. The van der Waals surface area contributed by atoms with Crippen molar-refractivity contribution in [1.82, 2.24) is 0 Å². The van der Waals surface area contributed by atoms with Gasteiger partial charge in [0.15, 0.2) is 6.29 Å². The van der Waals surface area contributed by atoms with E-state index in [0.717, 1.165) is 29.3 Å². The molecule has 0 heterocycles. The third-order valence-electron chi connectivity index (χ3n) is 2.69. The van der Waals surface area contributed by atoms with Gasteiger partial charge in [-0.2, -0.15) is 0 Å². The summed E-state index contributed by atoms with van der Waals surface area (Å²) in [4.78, 5) is 21.5. The molecule has 0 radical (unpaired) electrons. The van der Waals surface area contributed by atoms with E-state index < -0.39 is 0 Å². The lowest BCUT2D eigenvalue weighted by atomic mass is 9.96. The zero-order valence-electron chi connectivity index (χ0n) is 9.74. The second-order valence-electron chi connectivity index (χ2n) is 3.79. The average molecular weight is 236 g/mol. The monoisotopic (exact) mass is 236 g/mol. The summed E-state index contributed by atoms with van der Waals surface area (Å²) in [6.45, 7) is 0. The molecule has 0 amide bonds. The molecular weight excluding hydrogens is 224 g/mol. The minimum Gasteiger partial charge on any atom is -0.299 e. The fourth-order valence-electron chi connectivity index (χ4n) is 1.88. The molecule has 0 bridgehead atoms. The quantitative estimate of drug-likeness (QED) is 0.602. The molecule has 0 aliphatic heterocycles. The van der Waals surface area contributed by atoms with Crippen LogP contribution in [0.4, 0.5) is 0 Å². The van der Waals surface area contributed by atoms with Crippen molar-refractivity contribution in [3.63, 3.8) is 0 Å². The normalized spacial score (nSPS) is 10.4. The molecule has 0 unspecified atom stereocenters. The Balaban J connectivity index is 2.60. The molecule has 2 rings (SSSR count). The van der Waals surface area contributed by atoms with Gasteiger partial charge in [0, 0.05) is 5.56 Å². The molecule has 2 aromatic rings.